The van der Waals surface area contributed by atoms with Crippen LogP contribution < -0.4 is 9.80 Å². The smallest absolute Gasteiger partial charge is 0.265 e. The van der Waals surface area contributed by atoms with Crippen molar-refractivity contribution in [1.82, 2.24) is 0 Å². The number of nitrogens with zero attached hydrogens (tertiary/aromatic N) is 2. The predicted octanol–water partition coefficient (Wildman–Crippen LogP) is 7.48. The van der Waals surface area contributed by atoms with E-state index >= 15 is 0 Å². The number of anilines is 2. The molecule has 9 rings (SSSR count). The van der Waals surface area contributed by atoms with Gasteiger partial charge in [-0.25, -0.2) is 9.80 Å². The summed E-state index contributed by atoms with van der Waals surface area (Å²) in [7, 11) is 0. The van der Waals surface area contributed by atoms with Crippen molar-refractivity contribution in [2.24, 2.45) is 0 Å². The summed E-state index contributed by atoms with van der Waals surface area (Å²) in [4.78, 5) is 58.8. The number of hydrogen-bond donors (Lipinski definition) is 0. The van der Waals surface area contributed by atoms with Crippen molar-refractivity contribution >= 4 is 67.7 Å². The maximum atomic E-state index is 14.1. The van der Waals surface area contributed by atoms with Crippen molar-refractivity contribution in [2.75, 3.05) is 9.80 Å². The van der Waals surface area contributed by atoms with Gasteiger partial charge < -0.3 is 0 Å². The topological polar surface area (TPSA) is 74.8 Å². The lowest BCUT2D eigenvalue weighted by atomic mass is 9.74. The Hall–Kier alpha value is -5.62. The summed E-state index contributed by atoms with van der Waals surface area (Å²) in [6.07, 6.45) is 4.86. The Morgan fingerprint density at radius 1 is 0.478 bits per heavy atom. The van der Waals surface area contributed by atoms with Crippen molar-refractivity contribution in [3.05, 3.63) is 128 Å². The second kappa shape index (κ2) is 8.98. The third kappa shape index (κ3) is 3.36. The number of fused-ring (bicyclic) bond motifs is 2. The molecule has 0 unspecified atom stereocenters. The number of aryl methyl sites for hydroxylation is 4. The van der Waals surface area contributed by atoms with Crippen LogP contribution in [0.5, 0.6) is 0 Å². The first-order valence-corrected chi connectivity index (χ1v) is 15.5. The maximum absolute atomic E-state index is 14.1. The number of hydrogen-bond acceptors (Lipinski definition) is 4. The SMILES string of the molecule is Cc1cc(C)cc(N2C(=O)C3=CCc4c5ccc6c7c5c(c5ccc(c3c45)C2=O)CC=C7C(=O)N(c2cc(C)cc(C)c2)C6=O)c1. The van der Waals surface area contributed by atoms with Crippen LogP contribution in [0.2, 0.25) is 0 Å². The van der Waals surface area contributed by atoms with Crippen LogP contribution >= 0.6 is 0 Å². The van der Waals surface area contributed by atoms with Crippen LogP contribution in [0.4, 0.5) is 11.4 Å². The molecule has 46 heavy (non-hydrogen) atoms. The fourth-order valence-corrected chi connectivity index (χ4v) is 8.24. The van der Waals surface area contributed by atoms with Crippen LogP contribution in [0.25, 0.3) is 32.7 Å². The standard InChI is InChI=1S/C40H28N2O4/c1-19-13-20(2)16-23(15-19)41-37(43)29-9-5-25-27-7-11-31-36-32(40(46)42(39(31)45)24-17-21(3)14-22(4)18-24)12-8-28(34(27)36)26-6-10-30(38(41)44)35(29)33(25)26/h5,8-18H,6-7H2,1-4H3. The Balaban J connectivity index is 1.27. The fraction of sp³-hybridized carbons (Fsp3) is 0.150. The van der Waals surface area contributed by atoms with Crippen molar-refractivity contribution in [2.45, 2.75) is 40.5 Å². The highest BCUT2D eigenvalue weighted by atomic mass is 16.2. The lowest BCUT2D eigenvalue weighted by Crippen LogP contribution is -2.43. The summed E-state index contributed by atoms with van der Waals surface area (Å²) in [6, 6.07) is 19.2. The summed E-state index contributed by atoms with van der Waals surface area (Å²) in [5.74, 6) is -1.30. The van der Waals surface area contributed by atoms with Gasteiger partial charge in [-0.2, -0.15) is 0 Å². The normalized spacial score (nSPS) is 16.4. The molecule has 2 aliphatic carbocycles. The Bertz CT molecular complexity index is 2230. The molecule has 0 N–H and O–H groups in total. The van der Waals surface area contributed by atoms with E-state index in [1.54, 1.807) is 0 Å². The second-order valence-corrected chi connectivity index (χ2v) is 13.0. The second-order valence-electron chi connectivity index (χ2n) is 13.0. The van der Waals surface area contributed by atoms with Gasteiger partial charge in [-0.05, 0) is 132 Å². The van der Waals surface area contributed by atoms with E-state index in [-0.39, 0.29) is 23.6 Å². The molecule has 6 heteroatoms. The number of carbonyl (C=O) groups is 4. The molecule has 0 saturated carbocycles. The third-order valence-electron chi connectivity index (χ3n) is 9.89. The molecule has 0 atom stereocenters. The lowest BCUT2D eigenvalue weighted by Gasteiger charge is -2.35. The van der Waals surface area contributed by atoms with E-state index in [9.17, 15) is 19.2 Å². The number of amides is 4. The summed E-state index contributed by atoms with van der Waals surface area (Å²) in [5.41, 5.74) is 10.6. The van der Waals surface area contributed by atoms with E-state index in [1.807, 2.05) is 101 Å². The van der Waals surface area contributed by atoms with Crippen molar-refractivity contribution in [1.29, 1.82) is 0 Å². The molecular formula is C40H28N2O4. The highest BCUT2D eigenvalue weighted by Gasteiger charge is 2.42. The van der Waals surface area contributed by atoms with E-state index in [4.69, 9.17) is 0 Å². The Morgan fingerprint density at radius 2 is 0.848 bits per heavy atom. The highest BCUT2D eigenvalue weighted by Crippen LogP contribution is 2.49. The molecule has 0 bridgehead atoms. The van der Waals surface area contributed by atoms with Crippen LogP contribution in [0.1, 0.15) is 65.2 Å². The monoisotopic (exact) mass is 600 g/mol. The van der Waals surface area contributed by atoms with Crippen molar-refractivity contribution in [3.63, 3.8) is 0 Å². The highest BCUT2D eigenvalue weighted by molar-refractivity contribution is 6.45. The fourth-order valence-electron chi connectivity index (χ4n) is 8.24. The average Bonchev–Trinajstić information content (AvgIpc) is 3.01. The lowest BCUT2D eigenvalue weighted by molar-refractivity contribution is -0.113. The van der Waals surface area contributed by atoms with Crippen LogP contribution in [0.15, 0.2) is 72.8 Å². The number of allylic oxidation sites excluding steroid dienone is 2. The van der Waals surface area contributed by atoms with Gasteiger partial charge in [-0.3, -0.25) is 19.2 Å². The molecule has 5 aromatic rings. The molecule has 5 aromatic carbocycles. The maximum Gasteiger partial charge on any atom is 0.265 e. The largest absolute Gasteiger partial charge is 0.268 e. The van der Waals surface area contributed by atoms with Crippen LogP contribution in [-0.2, 0) is 22.4 Å². The first-order chi connectivity index (χ1) is 22.1. The molecule has 222 valence electrons. The first-order valence-electron chi connectivity index (χ1n) is 15.5. The summed E-state index contributed by atoms with van der Waals surface area (Å²) in [5, 5.41) is 3.74. The molecule has 6 nitrogen and oxygen atoms in total. The van der Waals surface area contributed by atoms with E-state index in [2.05, 4.69) is 0 Å². The molecule has 2 aliphatic heterocycles. The predicted molar refractivity (Wildman–Crippen MR) is 180 cm³/mol. The zero-order chi connectivity index (χ0) is 31.8. The molecule has 0 fully saturated rings. The Labute approximate surface area is 265 Å². The Morgan fingerprint density at radius 3 is 1.22 bits per heavy atom. The Kier molecular flexibility index (Phi) is 5.22. The number of imide groups is 2. The number of carbonyl (C=O) groups excluding carboxylic acids is 4. The van der Waals surface area contributed by atoms with Crippen molar-refractivity contribution in [3.8, 4) is 0 Å². The zero-order valence-electron chi connectivity index (χ0n) is 25.9. The quantitative estimate of drug-likeness (QED) is 0.156. The minimum absolute atomic E-state index is 0.315. The molecule has 0 radical (unpaired) electrons. The minimum atomic E-state index is -0.332. The van der Waals surface area contributed by atoms with E-state index in [0.29, 0.717) is 57.6 Å². The van der Waals surface area contributed by atoms with Gasteiger partial charge in [0.2, 0.25) is 0 Å². The van der Waals surface area contributed by atoms with Gasteiger partial charge in [0.15, 0.2) is 0 Å². The third-order valence-corrected chi connectivity index (χ3v) is 9.89. The van der Waals surface area contributed by atoms with Gasteiger partial charge in [0.1, 0.15) is 0 Å². The summed E-state index contributed by atoms with van der Waals surface area (Å²) in [6.45, 7) is 7.84. The average molecular weight is 601 g/mol. The first kappa shape index (κ1) is 26.8. The summed E-state index contributed by atoms with van der Waals surface area (Å²) < 4.78 is 0. The summed E-state index contributed by atoms with van der Waals surface area (Å²) >= 11 is 0. The molecular weight excluding hydrogens is 572 g/mol. The van der Waals surface area contributed by atoms with Crippen LogP contribution in [0, 0.1) is 27.7 Å². The van der Waals surface area contributed by atoms with Crippen LogP contribution in [-0.4, -0.2) is 23.6 Å². The molecule has 0 spiro atoms. The number of rotatable bonds is 2. The van der Waals surface area contributed by atoms with Gasteiger partial charge in [0.05, 0.1) is 11.4 Å². The van der Waals surface area contributed by atoms with Crippen LogP contribution in [0.3, 0.4) is 0 Å². The van der Waals surface area contributed by atoms with E-state index in [1.165, 1.54) is 9.80 Å². The van der Waals surface area contributed by atoms with Gasteiger partial charge >= 0.3 is 0 Å². The molecule has 4 amide bonds. The molecule has 0 aromatic heterocycles. The van der Waals surface area contributed by atoms with E-state index < -0.39 is 0 Å². The van der Waals surface area contributed by atoms with E-state index in [0.717, 1.165) is 54.9 Å². The molecule has 2 heterocycles. The minimum Gasteiger partial charge on any atom is -0.268 e. The van der Waals surface area contributed by atoms with Gasteiger partial charge in [0, 0.05) is 33.4 Å². The van der Waals surface area contributed by atoms with Crippen molar-refractivity contribution < 1.29 is 19.2 Å². The van der Waals surface area contributed by atoms with Gasteiger partial charge in [-0.1, -0.05) is 36.4 Å². The molecule has 0 saturated heterocycles. The van der Waals surface area contributed by atoms with Gasteiger partial charge in [0.25, 0.3) is 23.6 Å². The zero-order valence-corrected chi connectivity index (χ0v) is 25.9. The number of benzene rings is 5. The molecule has 4 aliphatic rings. The van der Waals surface area contributed by atoms with Gasteiger partial charge in [-0.15, -0.1) is 0 Å².